The number of methoxy groups -OCH3 is 1. The smallest absolute Gasteiger partial charge is 0.246 e. The molecule has 0 bridgehead atoms. The number of sulfonamides is 1. The number of carbonyl (C=O) groups is 1. The van der Waals surface area contributed by atoms with Crippen molar-refractivity contribution < 1.29 is 22.7 Å². The van der Waals surface area contributed by atoms with Gasteiger partial charge >= 0.3 is 0 Å². The van der Waals surface area contributed by atoms with Crippen molar-refractivity contribution in [3.63, 3.8) is 0 Å². The summed E-state index contributed by atoms with van der Waals surface area (Å²) < 4.78 is 37.9. The Hall–Kier alpha value is -2.33. The van der Waals surface area contributed by atoms with Crippen molar-refractivity contribution in [2.75, 3.05) is 50.6 Å². The Morgan fingerprint density at radius 1 is 1.20 bits per heavy atom. The molecule has 0 aromatic heterocycles. The summed E-state index contributed by atoms with van der Waals surface area (Å²) in [4.78, 5) is 12.4. The van der Waals surface area contributed by atoms with Crippen LogP contribution in [0.3, 0.4) is 0 Å². The summed E-state index contributed by atoms with van der Waals surface area (Å²) in [7, 11) is -2.38. The first-order valence-corrected chi connectivity index (χ1v) is 11.2. The van der Waals surface area contributed by atoms with E-state index >= 15 is 0 Å². The van der Waals surface area contributed by atoms with E-state index in [1.807, 2.05) is 13.0 Å². The van der Waals surface area contributed by atoms with E-state index in [0.717, 1.165) is 5.56 Å². The van der Waals surface area contributed by atoms with Gasteiger partial charge in [0.25, 0.3) is 0 Å². The fraction of sp³-hybridized carbons (Fsp3) is 0.350. The van der Waals surface area contributed by atoms with Gasteiger partial charge in [0.1, 0.15) is 10.6 Å². The van der Waals surface area contributed by atoms with Gasteiger partial charge in [-0.15, -0.1) is 0 Å². The second-order valence-electron chi connectivity index (χ2n) is 6.77. The average Bonchev–Trinajstić information content (AvgIpc) is 2.73. The van der Waals surface area contributed by atoms with Crippen LogP contribution in [0.2, 0.25) is 5.02 Å². The lowest BCUT2D eigenvalue weighted by Gasteiger charge is -2.26. The van der Waals surface area contributed by atoms with Crippen molar-refractivity contribution in [1.29, 1.82) is 0 Å². The van der Waals surface area contributed by atoms with Crippen LogP contribution >= 0.6 is 11.6 Å². The standard InChI is InChI=1S/C20H24ClN3O5S/c1-14-3-5-17(16(21)11-14)22-13-20(25)23-15-4-6-18(28-2)19(12-15)30(26,27)24-7-9-29-10-8-24/h3-6,11-12,22H,7-10,13H2,1-2H3,(H,23,25). The van der Waals surface area contributed by atoms with E-state index in [2.05, 4.69) is 10.6 Å². The molecule has 0 unspecified atom stereocenters. The monoisotopic (exact) mass is 453 g/mol. The van der Waals surface area contributed by atoms with Gasteiger partial charge in [-0.1, -0.05) is 17.7 Å². The Morgan fingerprint density at radius 2 is 1.93 bits per heavy atom. The number of halogens is 1. The first-order chi connectivity index (χ1) is 14.3. The van der Waals surface area contributed by atoms with Gasteiger partial charge in [0.15, 0.2) is 0 Å². The van der Waals surface area contributed by atoms with E-state index in [9.17, 15) is 13.2 Å². The van der Waals surface area contributed by atoms with Crippen molar-refractivity contribution in [3.8, 4) is 5.75 Å². The number of nitrogens with one attached hydrogen (secondary N) is 2. The van der Waals surface area contributed by atoms with Crippen molar-refractivity contribution in [1.82, 2.24) is 4.31 Å². The molecule has 1 saturated heterocycles. The predicted molar refractivity (Wildman–Crippen MR) is 116 cm³/mol. The molecule has 1 aliphatic heterocycles. The van der Waals surface area contributed by atoms with Crippen LogP contribution in [0.4, 0.5) is 11.4 Å². The number of amides is 1. The second kappa shape index (κ2) is 9.65. The molecule has 0 saturated carbocycles. The molecule has 1 heterocycles. The highest BCUT2D eigenvalue weighted by molar-refractivity contribution is 7.89. The summed E-state index contributed by atoms with van der Waals surface area (Å²) in [6.07, 6.45) is 0. The van der Waals surface area contributed by atoms with E-state index in [4.69, 9.17) is 21.1 Å². The van der Waals surface area contributed by atoms with Crippen molar-refractivity contribution in [2.45, 2.75) is 11.8 Å². The van der Waals surface area contributed by atoms with Gasteiger partial charge in [0, 0.05) is 18.8 Å². The summed E-state index contributed by atoms with van der Waals surface area (Å²) in [5.41, 5.74) is 2.01. The molecule has 2 aromatic rings. The number of hydrogen-bond donors (Lipinski definition) is 2. The molecule has 8 nitrogen and oxygen atoms in total. The molecule has 0 spiro atoms. The van der Waals surface area contributed by atoms with Crippen LogP contribution in [-0.4, -0.2) is 58.6 Å². The zero-order valence-electron chi connectivity index (χ0n) is 16.8. The molecule has 0 aliphatic carbocycles. The number of ether oxygens (including phenoxy) is 2. The molecule has 162 valence electrons. The number of aryl methyl sites for hydroxylation is 1. The van der Waals surface area contributed by atoms with Gasteiger partial charge in [-0.2, -0.15) is 4.31 Å². The lowest BCUT2D eigenvalue weighted by molar-refractivity contribution is -0.114. The lowest BCUT2D eigenvalue weighted by Crippen LogP contribution is -2.40. The highest BCUT2D eigenvalue weighted by Crippen LogP contribution is 2.30. The minimum Gasteiger partial charge on any atom is -0.495 e. The average molecular weight is 454 g/mol. The maximum atomic E-state index is 13.0. The first kappa shape index (κ1) is 22.4. The Labute approximate surface area is 181 Å². The fourth-order valence-electron chi connectivity index (χ4n) is 3.03. The third-order valence-corrected chi connectivity index (χ3v) is 6.83. The van der Waals surface area contributed by atoms with Crippen molar-refractivity contribution in [3.05, 3.63) is 47.0 Å². The molecule has 1 amide bonds. The van der Waals surface area contributed by atoms with E-state index in [1.165, 1.54) is 23.5 Å². The minimum absolute atomic E-state index is 0.000705. The zero-order valence-corrected chi connectivity index (χ0v) is 18.3. The topological polar surface area (TPSA) is 97.0 Å². The van der Waals surface area contributed by atoms with Gasteiger partial charge in [0.2, 0.25) is 15.9 Å². The molecule has 0 atom stereocenters. The third kappa shape index (κ3) is 5.23. The Bertz CT molecular complexity index is 1020. The van der Waals surface area contributed by atoms with E-state index < -0.39 is 10.0 Å². The molecular weight excluding hydrogens is 430 g/mol. The zero-order chi connectivity index (χ0) is 21.7. The van der Waals surface area contributed by atoms with Gasteiger partial charge < -0.3 is 20.1 Å². The highest BCUT2D eigenvalue weighted by Gasteiger charge is 2.29. The van der Waals surface area contributed by atoms with E-state index in [0.29, 0.717) is 29.6 Å². The molecule has 2 N–H and O–H groups in total. The number of anilines is 2. The van der Waals surface area contributed by atoms with Crippen molar-refractivity contribution >= 4 is 38.9 Å². The summed E-state index contributed by atoms with van der Waals surface area (Å²) in [6, 6.07) is 10.00. The molecule has 2 aromatic carbocycles. The number of rotatable bonds is 7. The van der Waals surface area contributed by atoms with Crippen LogP contribution in [0.25, 0.3) is 0 Å². The van der Waals surface area contributed by atoms with Crippen molar-refractivity contribution in [2.24, 2.45) is 0 Å². The van der Waals surface area contributed by atoms with E-state index in [-0.39, 0.29) is 36.2 Å². The Kier molecular flexibility index (Phi) is 7.19. The Balaban J connectivity index is 1.73. The number of nitrogens with zero attached hydrogens (tertiary/aromatic N) is 1. The summed E-state index contributed by atoms with van der Waals surface area (Å²) in [6.45, 7) is 3.11. The maximum absolute atomic E-state index is 13.0. The van der Waals surface area contributed by atoms with Gasteiger partial charge in [-0.3, -0.25) is 4.79 Å². The SMILES string of the molecule is COc1ccc(NC(=O)CNc2ccc(C)cc2Cl)cc1S(=O)(=O)N1CCOCC1. The van der Waals surface area contributed by atoms with Crippen LogP contribution < -0.4 is 15.4 Å². The number of hydrogen-bond acceptors (Lipinski definition) is 6. The minimum atomic E-state index is -3.78. The number of benzene rings is 2. The van der Waals surface area contributed by atoms with Crippen LogP contribution in [0, 0.1) is 6.92 Å². The summed E-state index contributed by atoms with van der Waals surface area (Å²) in [5.74, 6) is -0.129. The first-order valence-electron chi connectivity index (χ1n) is 9.37. The largest absolute Gasteiger partial charge is 0.495 e. The van der Waals surface area contributed by atoms with Gasteiger partial charge in [0.05, 0.1) is 37.6 Å². The van der Waals surface area contributed by atoms with Crippen LogP contribution in [0.1, 0.15) is 5.56 Å². The molecule has 1 aliphatic rings. The maximum Gasteiger partial charge on any atom is 0.246 e. The summed E-state index contributed by atoms with van der Waals surface area (Å²) >= 11 is 6.16. The van der Waals surface area contributed by atoms with Gasteiger partial charge in [-0.05, 0) is 42.8 Å². The highest BCUT2D eigenvalue weighted by atomic mass is 35.5. The van der Waals surface area contributed by atoms with Gasteiger partial charge in [-0.25, -0.2) is 8.42 Å². The normalized spacial score (nSPS) is 14.9. The quantitative estimate of drug-likeness (QED) is 0.669. The third-order valence-electron chi connectivity index (χ3n) is 4.60. The molecule has 0 radical (unpaired) electrons. The molecule has 30 heavy (non-hydrogen) atoms. The molecule has 10 heteroatoms. The van der Waals surface area contributed by atoms with Crippen LogP contribution in [0.15, 0.2) is 41.3 Å². The number of morpholine rings is 1. The second-order valence-corrected chi connectivity index (χ2v) is 9.08. The van der Waals surface area contributed by atoms with Crippen LogP contribution in [-0.2, 0) is 19.6 Å². The molecular formula is C20H24ClN3O5S. The lowest BCUT2D eigenvalue weighted by atomic mass is 10.2. The number of carbonyl (C=O) groups excluding carboxylic acids is 1. The van der Waals surface area contributed by atoms with Crippen LogP contribution in [0.5, 0.6) is 5.75 Å². The van der Waals surface area contributed by atoms with E-state index in [1.54, 1.807) is 18.2 Å². The Morgan fingerprint density at radius 3 is 2.60 bits per heavy atom. The molecule has 3 rings (SSSR count). The fourth-order valence-corrected chi connectivity index (χ4v) is 4.92. The summed E-state index contributed by atoms with van der Waals surface area (Å²) in [5, 5.41) is 6.19. The predicted octanol–water partition coefficient (Wildman–Crippen LogP) is 2.73. The molecule has 1 fully saturated rings.